The lowest BCUT2D eigenvalue weighted by Gasteiger charge is -2.11. The van der Waals surface area contributed by atoms with Gasteiger partial charge < -0.3 is 14.6 Å². The van der Waals surface area contributed by atoms with E-state index in [1.807, 2.05) is 20.8 Å². The van der Waals surface area contributed by atoms with Crippen molar-refractivity contribution in [3.8, 4) is 5.88 Å². The first-order valence-electron chi connectivity index (χ1n) is 8.77. The van der Waals surface area contributed by atoms with E-state index >= 15 is 0 Å². The minimum atomic E-state index is -0.139. The van der Waals surface area contributed by atoms with Gasteiger partial charge >= 0.3 is 0 Å². The van der Waals surface area contributed by atoms with Gasteiger partial charge in [0.2, 0.25) is 5.88 Å². The summed E-state index contributed by atoms with van der Waals surface area (Å²) in [6.07, 6.45) is 3.67. The van der Waals surface area contributed by atoms with Gasteiger partial charge in [-0.15, -0.1) is 0 Å². The molecule has 1 unspecified atom stereocenters. The molecule has 0 spiro atoms. The molecule has 0 aromatic carbocycles. The Labute approximate surface area is 149 Å². The van der Waals surface area contributed by atoms with E-state index in [0.717, 1.165) is 29.9 Å². The number of ether oxygens (including phenoxy) is 1. The number of rotatable bonds is 8. The van der Waals surface area contributed by atoms with E-state index in [4.69, 9.17) is 9.26 Å². The van der Waals surface area contributed by atoms with Gasteiger partial charge in [0.15, 0.2) is 0 Å². The smallest absolute Gasteiger partial charge is 0.253 e. The fourth-order valence-electron chi connectivity index (χ4n) is 2.63. The summed E-state index contributed by atoms with van der Waals surface area (Å²) in [4.78, 5) is 16.1. The van der Waals surface area contributed by atoms with Gasteiger partial charge in [-0.05, 0) is 33.3 Å². The Hall–Kier alpha value is -2.37. The average molecular weight is 345 g/mol. The van der Waals surface area contributed by atoms with Gasteiger partial charge in [0.25, 0.3) is 5.91 Å². The molecule has 0 saturated carbocycles. The molecule has 0 fully saturated rings. The van der Waals surface area contributed by atoms with Crippen LogP contribution in [0.2, 0.25) is 0 Å². The predicted molar refractivity (Wildman–Crippen MR) is 95.7 cm³/mol. The predicted octanol–water partition coefficient (Wildman–Crippen LogP) is 4.00. The van der Waals surface area contributed by atoms with Crippen LogP contribution in [0.15, 0.2) is 22.9 Å². The summed E-state index contributed by atoms with van der Waals surface area (Å²) in [6, 6.07) is 3.50. The van der Waals surface area contributed by atoms with Crippen molar-refractivity contribution in [2.24, 2.45) is 0 Å². The van der Waals surface area contributed by atoms with Crippen molar-refractivity contribution in [1.29, 1.82) is 0 Å². The number of aryl methyl sites for hydroxylation is 1. The zero-order valence-corrected chi connectivity index (χ0v) is 15.6. The maximum Gasteiger partial charge on any atom is 0.253 e. The first kappa shape index (κ1) is 19.0. The van der Waals surface area contributed by atoms with Gasteiger partial charge in [0.05, 0.1) is 16.8 Å². The van der Waals surface area contributed by atoms with Crippen LogP contribution in [-0.2, 0) is 6.61 Å². The number of carbonyl (C=O) groups is 1. The highest BCUT2D eigenvalue weighted by molar-refractivity contribution is 5.94. The van der Waals surface area contributed by atoms with Crippen molar-refractivity contribution >= 4 is 5.91 Å². The molecule has 6 nitrogen and oxygen atoms in total. The summed E-state index contributed by atoms with van der Waals surface area (Å²) in [6.45, 7) is 10.4. The lowest BCUT2D eigenvalue weighted by atomic mass is 9.98. The zero-order valence-electron chi connectivity index (χ0n) is 15.6. The molecule has 2 rings (SSSR count). The molecular formula is C19H27N3O3. The molecule has 0 aliphatic carbocycles. The van der Waals surface area contributed by atoms with E-state index in [9.17, 15) is 4.79 Å². The third-order valence-electron chi connectivity index (χ3n) is 3.99. The fraction of sp³-hybridized carbons (Fsp3) is 0.526. The Bertz CT molecular complexity index is 692. The van der Waals surface area contributed by atoms with Crippen molar-refractivity contribution in [2.75, 3.05) is 0 Å². The largest absolute Gasteiger partial charge is 0.473 e. The Morgan fingerprint density at radius 3 is 2.68 bits per heavy atom. The summed E-state index contributed by atoms with van der Waals surface area (Å²) < 4.78 is 11.1. The number of nitrogens with one attached hydrogen (secondary N) is 1. The molecule has 6 heteroatoms. The second-order valence-electron chi connectivity index (χ2n) is 6.59. The van der Waals surface area contributed by atoms with Crippen molar-refractivity contribution in [2.45, 2.75) is 66.0 Å². The van der Waals surface area contributed by atoms with E-state index in [2.05, 4.69) is 29.3 Å². The van der Waals surface area contributed by atoms with Gasteiger partial charge in [-0.25, -0.2) is 4.98 Å². The summed E-state index contributed by atoms with van der Waals surface area (Å²) in [5, 5.41) is 7.01. The van der Waals surface area contributed by atoms with E-state index in [1.165, 1.54) is 6.20 Å². The van der Waals surface area contributed by atoms with Crippen LogP contribution in [0.4, 0.5) is 0 Å². The van der Waals surface area contributed by atoms with Gasteiger partial charge in [-0.1, -0.05) is 25.4 Å². The lowest BCUT2D eigenvalue weighted by Crippen LogP contribution is -2.30. The van der Waals surface area contributed by atoms with Gasteiger partial charge in [0.1, 0.15) is 12.4 Å². The van der Waals surface area contributed by atoms with E-state index < -0.39 is 0 Å². The standard InChI is InChI=1S/C19H27N3O3/c1-6-7-13(4)18-16(14(5)25-22-18)11-24-17-9-8-15(10-20-17)19(23)21-12(2)3/h8-10,12-13H,6-7,11H2,1-5H3,(H,21,23). The summed E-state index contributed by atoms with van der Waals surface area (Å²) >= 11 is 0. The Morgan fingerprint density at radius 1 is 1.32 bits per heavy atom. The second-order valence-corrected chi connectivity index (χ2v) is 6.59. The Morgan fingerprint density at radius 2 is 2.08 bits per heavy atom. The molecule has 1 N–H and O–H groups in total. The minimum Gasteiger partial charge on any atom is -0.473 e. The first-order valence-corrected chi connectivity index (χ1v) is 8.77. The SMILES string of the molecule is CCCC(C)c1noc(C)c1COc1ccc(C(=O)NC(C)C)cn1. The van der Waals surface area contributed by atoms with Gasteiger partial charge in [0, 0.05) is 24.2 Å². The molecular weight excluding hydrogens is 318 g/mol. The van der Waals surface area contributed by atoms with Crippen molar-refractivity contribution in [3.63, 3.8) is 0 Å². The maximum atomic E-state index is 11.9. The topological polar surface area (TPSA) is 77.2 Å². The van der Waals surface area contributed by atoms with Crippen LogP contribution < -0.4 is 10.1 Å². The quantitative estimate of drug-likeness (QED) is 0.782. The van der Waals surface area contributed by atoms with Gasteiger partial charge in [-0.3, -0.25) is 4.79 Å². The average Bonchev–Trinajstić information content (AvgIpc) is 2.94. The van der Waals surface area contributed by atoms with E-state index in [0.29, 0.717) is 24.0 Å². The highest BCUT2D eigenvalue weighted by Crippen LogP contribution is 2.26. The summed E-state index contributed by atoms with van der Waals surface area (Å²) in [7, 11) is 0. The van der Waals surface area contributed by atoms with Gasteiger partial charge in [-0.2, -0.15) is 0 Å². The number of carbonyl (C=O) groups excluding carboxylic acids is 1. The number of hydrogen-bond acceptors (Lipinski definition) is 5. The molecule has 0 bridgehead atoms. The first-order chi connectivity index (χ1) is 11.9. The molecule has 2 aromatic heterocycles. The van der Waals surface area contributed by atoms with Crippen LogP contribution in [0.3, 0.4) is 0 Å². The van der Waals surface area contributed by atoms with Crippen LogP contribution >= 0.6 is 0 Å². The molecule has 2 aromatic rings. The molecule has 0 aliphatic heterocycles. The molecule has 0 aliphatic rings. The third kappa shape index (κ3) is 5.05. The number of nitrogens with zero attached hydrogens (tertiary/aromatic N) is 2. The highest BCUT2D eigenvalue weighted by atomic mass is 16.5. The molecule has 25 heavy (non-hydrogen) atoms. The number of amides is 1. The van der Waals surface area contributed by atoms with Crippen molar-refractivity contribution in [1.82, 2.24) is 15.5 Å². The molecule has 2 heterocycles. The Balaban J connectivity index is 2.02. The van der Waals surface area contributed by atoms with E-state index in [1.54, 1.807) is 12.1 Å². The van der Waals surface area contributed by atoms with Crippen LogP contribution in [0, 0.1) is 6.92 Å². The van der Waals surface area contributed by atoms with Crippen LogP contribution in [-0.4, -0.2) is 22.1 Å². The monoisotopic (exact) mass is 345 g/mol. The summed E-state index contributed by atoms with van der Waals surface area (Å²) in [5.41, 5.74) is 2.44. The third-order valence-corrected chi connectivity index (χ3v) is 3.99. The van der Waals surface area contributed by atoms with E-state index in [-0.39, 0.29) is 11.9 Å². The number of hydrogen-bond donors (Lipinski definition) is 1. The number of pyridine rings is 1. The molecule has 1 atom stereocenters. The molecule has 1 amide bonds. The molecule has 136 valence electrons. The molecule has 0 saturated heterocycles. The molecule has 0 radical (unpaired) electrons. The lowest BCUT2D eigenvalue weighted by molar-refractivity contribution is 0.0942. The van der Waals surface area contributed by atoms with Crippen LogP contribution in [0.1, 0.15) is 73.8 Å². The highest BCUT2D eigenvalue weighted by Gasteiger charge is 2.19. The fourth-order valence-corrected chi connectivity index (χ4v) is 2.63. The number of aromatic nitrogens is 2. The van der Waals surface area contributed by atoms with Crippen molar-refractivity contribution in [3.05, 3.63) is 40.9 Å². The van der Waals surface area contributed by atoms with Crippen LogP contribution in [0.25, 0.3) is 0 Å². The van der Waals surface area contributed by atoms with Crippen LogP contribution in [0.5, 0.6) is 5.88 Å². The minimum absolute atomic E-state index is 0.0866. The normalized spacial score (nSPS) is 12.2. The maximum absolute atomic E-state index is 11.9. The summed E-state index contributed by atoms with van der Waals surface area (Å²) in [5.74, 6) is 1.43. The van der Waals surface area contributed by atoms with Crippen molar-refractivity contribution < 1.29 is 14.1 Å². The Kier molecular flexibility index (Phi) is 6.56. The second kappa shape index (κ2) is 8.65. The zero-order chi connectivity index (χ0) is 18.4.